The van der Waals surface area contributed by atoms with Crippen LogP contribution in [0.4, 0.5) is 8.78 Å². The maximum atomic E-state index is 12.4. The average Bonchev–Trinajstić information content (AvgIpc) is 2.26. The summed E-state index contributed by atoms with van der Waals surface area (Å²) in [4.78, 5) is 3.73. The fraction of sp³-hybridized carbons (Fsp3) is 0.444. The van der Waals surface area contributed by atoms with Crippen LogP contribution in [0.25, 0.3) is 0 Å². The minimum absolute atomic E-state index is 0.234. The van der Waals surface area contributed by atoms with E-state index < -0.39 is 6.43 Å². The number of nitrogens with zero attached hydrogens (tertiary/aromatic N) is 1. The number of methoxy groups -OCH3 is 1. The van der Waals surface area contributed by atoms with E-state index in [9.17, 15) is 8.78 Å². The summed E-state index contributed by atoms with van der Waals surface area (Å²) in [6.07, 6.45) is -2.65. The minimum atomic E-state index is -2.65. The average molecular weight is 282 g/mol. The molecule has 0 unspecified atom stereocenters. The van der Waals surface area contributed by atoms with E-state index in [1.807, 2.05) is 0 Å². The molecule has 0 aliphatic carbocycles. The van der Waals surface area contributed by atoms with Crippen LogP contribution in [0.5, 0.6) is 5.75 Å². The Morgan fingerprint density at radius 3 is 2.67 bits per heavy atom. The topological polar surface area (TPSA) is 42.4 Å². The second-order valence-electron chi connectivity index (χ2n) is 2.77. The van der Waals surface area contributed by atoms with Gasteiger partial charge in [0.25, 0.3) is 6.43 Å². The summed E-state index contributed by atoms with van der Waals surface area (Å²) in [5.74, 6) is 0.234. The SMILES string of the molecule is COc1cc(C(F)F)nc(CBr)c1CO. The molecule has 0 atom stereocenters. The lowest BCUT2D eigenvalue weighted by Gasteiger charge is -2.12. The van der Waals surface area contributed by atoms with E-state index in [0.29, 0.717) is 16.6 Å². The van der Waals surface area contributed by atoms with Crippen molar-refractivity contribution in [2.75, 3.05) is 7.11 Å². The highest BCUT2D eigenvalue weighted by Gasteiger charge is 2.16. The van der Waals surface area contributed by atoms with E-state index in [4.69, 9.17) is 9.84 Å². The minimum Gasteiger partial charge on any atom is -0.496 e. The van der Waals surface area contributed by atoms with E-state index >= 15 is 0 Å². The highest BCUT2D eigenvalue weighted by molar-refractivity contribution is 9.08. The zero-order valence-electron chi connectivity index (χ0n) is 8.01. The van der Waals surface area contributed by atoms with E-state index in [2.05, 4.69) is 20.9 Å². The molecule has 1 N–H and O–H groups in total. The number of hydrogen-bond acceptors (Lipinski definition) is 3. The lowest BCUT2D eigenvalue weighted by Crippen LogP contribution is -2.03. The van der Waals surface area contributed by atoms with Crippen LogP contribution in [0.2, 0.25) is 0 Å². The Bertz CT molecular complexity index is 322. The quantitative estimate of drug-likeness (QED) is 0.862. The molecule has 0 bridgehead atoms. The van der Waals surface area contributed by atoms with Crippen LogP contribution in [0.1, 0.15) is 23.4 Å². The molecule has 0 spiro atoms. The van der Waals surface area contributed by atoms with Crippen molar-refractivity contribution in [3.8, 4) is 5.75 Å². The van der Waals surface area contributed by atoms with Crippen LogP contribution in [0.3, 0.4) is 0 Å². The Balaban J connectivity index is 3.29. The molecule has 0 fully saturated rings. The maximum Gasteiger partial charge on any atom is 0.280 e. The predicted octanol–water partition coefficient (Wildman–Crippen LogP) is 2.42. The summed E-state index contributed by atoms with van der Waals surface area (Å²) in [6.45, 7) is -0.291. The first-order chi connectivity index (χ1) is 7.13. The lowest BCUT2D eigenvalue weighted by atomic mass is 10.1. The van der Waals surface area contributed by atoms with Crippen molar-refractivity contribution in [1.82, 2.24) is 4.98 Å². The zero-order chi connectivity index (χ0) is 11.4. The molecule has 0 saturated heterocycles. The first-order valence-electron chi connectivity index (χ1n) is 4.15. The molecule has 1 rings (SSSR count). The van der Waals surface area contributed by atoms with Gasteiger partial charge in [0.1, 0.15) is 11.4 Å². The molecule has 0 aliphatic rings. The Hall–Kier alpha value is -0.750. The Morgan fingerprint density at radius 1 is 1.60 bits per heavy atom. The van der Waals surface area contributed by atoms with E-state index in [0.717, 1.165) is 6.07 Å². The fourth-order valence-electron chi connectivity index (χ4n) is 1.19. The maximum absolute atomic E-state index is 12.4. The summed E-state index contributed by atoms with van der Waals surface area (Å²) < 4.78 is 29.8. The summed E-state index contributed by atoms with van der Waals surface area (Å²) in [6, 6.07) is 1.14. The second kappa shape index (κ2) is 5.37. The third-order valence-corrected chi connectivity index (χ3v) is 2.45. The van der Waals surface area contributed by atoms with Crippen LogP contribution in [-0.2, 0) is 11.9 Å². The number of halogens is 3. The molecule has 0 aromatic carbocycles. The lowest BCUT2D eigenvalue weighted by molar-refractivity contribution is 0.145. The van der Waals surface area contributed by atoms with Gasteiger partial charge in [-0.1, -0.05) is 15.9 Å². The number of aliphatic hydroxyl groups excluding tert-OH is 1. The van der Waals surface area contributed by atoms with Gasteiger partial charge in [0.05, 0.1) is 19.4 Å². The number of aliphatic hydroxyl groups is 1. The Labute approximate surface area is 94.2 Å². The van der Waals surface area contributed by atoms with Gasteiger partial charge in [-0.2, -0.15) is 0 Å². The van der Waals surface area contributed by atoms with E-state index in [-0.39, 0.29) is 18.1 Å². The number of aromatic nitrogens is 1. The van der Waals surface area contributed by atoms with Gasteiger partial charge in [-0.15, -0.1) is 0 Å². The second-order valence-corrected chi connectivity index (χ2v) is 3.33. The first-order valence-corrected chi connectivity index (χ1v) is 5.27. The van der Waals surface area contributed by atoms with E-state index in [1.165, 1.54) is 7.11 Å². The van der Waals surface area contributed by atoms with Gasteiger partial charge in [0.15, 0.2) is 0 Å². The molecular formula is C9H10BrF2NO2. The number of rotatable bonds is 4. The molecule has 1 aromatic rings. The highest BCUT2D eigenvalue weighted by Crippen LogP contribution is 2.28. The number of hydrogen-bond donors (Lipinski definition) is 1. The highest BCUT2D eigenvalue weighted by atomic mass is 79.9. The van der Waals surface area contributed by atoms with Gasteiger partial charge in [-0.25, -0.2) is 8.78 Å². The number of alkyl halides is 3. The van der Waals surface area contributed by atoms with Crippen LogP contribution < -0.4 is 4.74 Å². The number of pyridine rings is 1. The zero-order valence-corrected chi connectivity index (χ0v) is 9.59. The molecule has 0 radical (unpaired) electrons. The van der Waals surface area contributed by atoms with Gasteiger partial charge in [0, 0.05) is 17.0 Å². The molecule has 1 aromatic heterocycles. The molecule has 0 aliphatic heterocycles. The smallest absolute Gasteiger partial charge is 0.280 e. The third-order valence-electron chi connectivity index (χ3n) is 1.92. The van der Waals surface area contributed by atoms with Crippen molar-refractivity contribution >= 4 is 15.9 Å². The summed E-state index contributed by atoms with van der Waals surface area (Å²) >= 11 is 3.12. The largest absolute Gasteiger partial charge is 0.496 e. The third kappa shape index (κ3) is 2.63. The molecule has 0 amide bonds. The van der Waals surface area contributed by atoms with Crippen molar-refractivity contribution in [2.24, 2.45) is 0 Å². The molecule has 1 heterocycles. The molecule has 3 nitrogen and oxygen atoms in total. The molecule has 0 saturated carbocycles. The van der Waals surface area contributed by atoms with Crippen molar-refractivity contribution in [1.29, 1.82) is 0 Å². The van der Waals surface area contributed by atoms with Crippen LogP contribution in [-0.4, -0.2) is 17.2 Å². The van der Waals surface area contributed by atoms with E-state index in [1.54, 1.807) is 0 Å². The van der Waals surface area contributed by atoms with Crippen molar-refractivity contribution in [3.05, 3.63) is 23.0 Å². The summed E-state index contributed by atoms with van der Waals surface area (Å²) in [5.41, 5.74) is 0.449. The monoisotopic (exact) mass is 281 g/mol. The van der Waals surface area contributed by atoms with Gasteiger partial charge >= 0.3 is 0 Å². The van der Waals surface area contributed by atoms with Gasteiger partial charge < -0.3 is 9.84 Å². The van der Waals surface area contributed by atoms with Crippen molar-refractivity contribution in [2.45, 2.75) is 18.4 Å². The number of ether oxygens (including phenoxy) is 1. The Kier molecular flexibility index (Phi) is 4.41. The predicted molar refractivity (Wildman–Crippen MR) is 54.3 cm³/mol. The molecule has 6 heteroatoms. The van der Waals surface area contributed by atoms with Crippen molar-refractivity contribution < 1.29 is 18.6 Å². The van der Waals surface area contributed by atoms with Crippen LogP contribution >= 0.6 is 15.9 Å². The van der Waals surface area contributed by atoms with Gasteiger partial charge in [0.2, 0.25) is 0 Å². The molecule has 84 valence electrons. The summed E-state index contributed by atoms with van der Waals surface area (Å²) in [7, 11) is 1.36. The fourth-order valence-corrected chi connectivity index (χ4v) is 1.66. The van der Waals surface area contributed by atoms with Crippen LogP contribution in [0.15, 0.2) is 6.07 Å². The van der Waals surface area contributed by atoms with Crippen LogP contribution in [0, 0.1) is 0 Å². The first kappa shape index (κ1) is 12.3. The summed E-state index contributed by atoms with van der Waals surface area (Å²) in [5, 5.41) is 9.35. The normalized spacial score (nSPS) is 10.8. The Morgan fingerprint density at radius 2 is 2.27 bits per heavy atom. The molecule has 15 heavy (non-hydrogen) atoms. The van der Waals surface area contributed by atoms with Crippen molar-refractivity contribution in [3.63, 3.8) is 0 Å². The van der Waals surface area contributed by atoms with Gasteiger partial charge in [-0.05, 0) is 0 Å². The van der Waals surface area contributed by atoms with Gasteiger partial charge in [-0.3, -0.25) is 4.98 Å². The molecular weight excluding hydrogens is 272 g/mol. The standard InChI is InChI=1S/C9H10BrF2NO2/c1-15-8-2-6(9(11)12)13-7(3-10)5(8)4-14/h2,9,14H,3-4H2,1H3.